The van der Waals surface area contributed by atoms with Crippen LogP contribution in [0.2, 0.25) is 0 Å². The molecule has 0 aliphatic rings. The van der Waals surface area contributed by atoms with Gasteiger partial charge in [-0.1, -0.05) is 12.1 Å². The average Bonchev–Trinajstić information content (AvgIpc) is 2.97. The molecule has 0 aliphatic carbocycles. The number of imidazole rings is 1. The molecule has 0 unspecified atom stereocenters. The van der Waals surface area contributed by atoms with Gasteiger partial charge in [0.05, 0.1) is 13.4 Å². The Morgan fingerprint density at radius 1 is 1.50 bits per heavy atom. The molecule has 0 saturated heterocycles. The van der Waals surface area contributed by atoms with E-state index in [1.807, 2.05) is 24.3 Å². The smallest absolute Gasteiger partial charge is 0.323 e. The van der Waals surface area contributed by atoms with Crippen molar-refractivity contribution >= 4 is 5.97 Å². The van der Waals surface area contributed by atoms with Crippen molar-refractivity contribution in [3.05, 3.63) is 48.0 Å². The first-order valence-corrected chi connectivity index (χ1v) is 6.21. The van der Waals surface area contributed by atoms with Gasteiger partial charge < -0.3 is 20.2 Å². The number of H-pyrrole nitrogens is 1. The molecule has 0 bridgehead atoms. The molecule has 0 aliphatic heterocycles. The molecule has 106 valence electrons. The van der Waals surface area contributed by atoms with Crippen LogP contribution in [-0.2, 0) is 22.6 Å². The highest BCUT2D eigenvalue weighted by atomic mass is 16.5. The van der Waals surface area contributed by atoms with E-state index in [0.29, 0.717) is 6.42 Å². The lowest BCUT2D eigenvalue weighted by Crippen LogP contribution is -2.34. The summed E-state index contributed by atoms with van der Waals surface area (Å²) in [6.07, 6.45) is 3.55. The van der Waals surface area contributed by atoms with Gasteiger partial charge in [0.25, 0.3) is 0 Å². The number of benzene rings is 1. The lowest BCUT2D eigenvalue weighted by atomic mass is 10.2. The number of aromatic nitrogens is 2. The number of nitrogens with zero attached hydrogens (tertiary/aromatic N) is 1. The van der Waals surface area contributed by atoms with E-state index in [-0.39, 0.29) is 6.61 Å². The third-order valence-electron chi connectivity index (χ3n) is 2.81. The lowest BCUT2D eigenvalue weighted by molar-refractivity contribution is -0.146. The zero-order valence-corrected chi connectivity index (χ0v) is 11.2. The van der Waals surface area contributed by atoms with Gasteiger partial charge in [0.15, 0.2) is 0 Å². The van der Waals surface area contributed by atoms with Crippen molar-refractivity contribution in [3.63, 3.8) is 0 Å². The van der Waals surface area contributed by atoms with Gasteiger partial charge in [-0.15, -0.1) is 0 Å². The molecule has 2 aromatic rings. The SMILES string of the molecule is COc1cccc(COC(=O)[C@@H](N)Cc2cnc[nH]2)c1. The fraction of sp³-hybridized carbons (Fsp3) is 0.286. The molecular formula is C14H17N3O3. The Morgan fingerprint density at radius 3 is 3.05 bits per heavy atom. The number of carbonyl (C=O) groups excluding carboxylic acids is 1. The number of nitrogens with one attached hydrogen (secondary N) is 1. The van der Waals surface area contributed by atoms with Crippen molar-refractivity contribution in [3.8, 4) is 5.75 Å². The van der Waals surface area contributed by atoms with Gasteiger partial charge in [-0.3, -0.25) is 4.79 Å². The molecule has 1 aromatic carbocycles. The molecule has 1 atom stereocenters. The zero-order chi connectivity index (χ0) is 14.4. The van der Waals surface area contributed by atoms with E-state index in [9.17, 15) is 4.79 Å². The Kier molecular flexibility index (Phi) is 4.73. The molecule has 3 N–H and O–H groups in total. The van der Waals surface area contributed by atoms with E-state index in [2.05, 4.69) is 9.97 Å². The van der Waals surface area contributed by atoms with Gasteiger partial charge >= 0.3 is 5.97 Å². The number of aromatic amines is 1. The quantitative estimate of drug-likeness (QED) is 0.768. The predicted molar refractivity (Wildman–Crippen MR) is 73.1 cm³/mol. The molecule has 1 aromatic heterocycles. The summed E-state index contributed by atoms with van der Waals surface area (Å²) in [5.74, 6) is 0.280. The van der Waals surface area contributed by atoms with Crippen LogP contribution in [-0.4, -0.2) is 29.1 Å². The van der Waals surface area contributed by atoms with Crippen LogP contribution in [0.15, 0.2) is 36.8 Å². The Hall–Kier alpha value is -2.34. The minimum absolute atomic E-state index is 0.173. The molecule has 2 rings (SSSR count). The number of nitrogens with two attached hydrogens (primary N) is 1. The van der Waals surface area contributed by atoms with E-state index < -0.39 is 12.0 Å². The molecular weight excluding hydrogens is 258 g/mol. The topological polar surface area (TPSA) is 90.2 Å². The number of rotatable bonds is 6. The first-order chi connectivity index (χ1) is 9.69. The van der Waals surface area contributed by atoms with Crippen LogP contribution in [0.1, 0.15) is 11.3 Å². The van der Waals surface area contributed by atoms with Crippen molar-refractivity contribution in [2.45, 2.75) is 19.1 Å². The highest BCUT2D eigenvalue weighted by molar-refractivity contribution is 5.75. The van der Waals surface area contributed by atoms with E-state index in [1.54, 1.807) is 19.6 Å². The minimum atomic E-state index is -0.707. The number of hydrogen-bond donors (Lipinski definition) is 2. The van der Waals surface area contributed by atoms with Crippen LogP contribution in [0, 0.1) is 0 Å². The van der Waals surface area contributed by atoms with E-state index in [0.717, 1.165) is 17.0 Å². The Labute approximate surface area is 116 Å². The Bertz CT molecular complexity index is 555. The maximum atomic E-state index is 11.8. The number of hydrogen-bond acceptors (Lipinski definition) is 5. The third kappa shape index (κ3) is 3.83. The molecule has 6 heteroatoms. The maximum absolute atomic E-state index is 11.8. The molecule has 6 nitrogen and oxygen atoms in total. The van der Waals surface area contributed by atoms with Gasteiger partial charge in [-0.05, 0) is 17.7 Å². The summed E-state index contributed by atoms with van der Waals surface area (Å²) in [6, 6.07) is 6.63. The van der Waals surface area contributed by atoms with Crippen LogP contribution in [0.25, 0.3) is 0 Å². The van der Waals surface area contributed by atoms with Crippen LogP contribution in [0.5, 0.6) is 5.75 Å². The van der Waals surface area contributed by atoms with Crippen LogP contribution >= 0.6 is 0 Å². The largest absolute Gasteiger partial charge is 0.497 e. The predicted octanol–water partition coefficient (Wildman–Crippen LogP) is 1.03. The number of ether oxygens (including phenoxy) is 2. The maximum Gasteiger partial charge on any atom is 0.323 e. The second-order valence-electron chi connectivity index (χ2n) is 4.35. The molecule has 0 fully saturated rings. The van der Waals surface area contributed by atoms with Crippen LogP contribution in [0.3, 0.4) is 0 Å². The van der Waals surface area contributed by atoms with Crippen molar-refractivity contribution in [1.82, 2.24) is 9.97 Å². The van der Waals surface area contributed by atoms with Crippen LogP contribution < -0.4 is 10.5 Å². The number of esters is 1. The van der Waals surface area contributed by atoms with E-state index in [4.69, 9.17) is 15.2 Å². The summed E-state index contributed by atoms with van der Waals surface area (Å²) in [5.41, 5.74) is 7.44. The van der Waals surface area contributed by atoms with Crippen molar-refractivity contribution < 1.29 is 14.3 Å². The summed E-state index contributed by atoms with van der Waals surface area (Å²) < 4.78 is 10.3. The molecule has 1 heterocycles. The van der Waals surface area contributed by atoms with Gasteiger partial charge in [-0.25, -0.2) is 4.98 Å². The highest BCUT2D eigenvalue weighted by Gasteiger charge is 2.16. The van der Waals surface area contributed by atoms with Crippen molar-refractivity contribution in [2.24, 2.45) is 5.73 Å². The van der Waals surface area contributed by atoms with Gasteiger partial charge in [0.1, 0.15) is 18.4 Å². The van der Waals surface area contributed by atoms with Gasteiger partial charge in [0, 0.05) is 18.3 Å². The van der Waals surface area contributed by atoms with Crippen LogP contribution in [0.4, 0.5) is 0 Å². The molecule has 0 spiro atoms. The van der Waals surface area contributed by atoms with Gasteiger partial charge in [-0.2, -0.15) is 0 Å². The second kappa shape index (κ2) is 6.72. The summed E-state index contributed by atoms with van der Waals surface area (Å²) >= 11 is 0. The lowest BCUT2D eigenvalue weighted by Gasteiger charge is -2.11. The minimum Gasteiger partial charge on any atom is -0.497 e. The number of carbonyl (C=O) groups is 1. The van der Waals surface area contributed by atoms with Gasteiger partial charge in [0.2, 0.25) is 0 Å². The summed E-state index contributed by atoms with van der Waals surface area (Å²) in [4.78, 5) is 18.6. The normalized spacial score (nSPS) is 11.9. The fourth-order valence-electron chi connectivity index (χ4n) is 1.74. The number of methoxy groups -OCH3 is 1. The Balaban J connectivity index is 1.84. The zero-order valence-electron chi connectivity index (χ0n) is 11.2. The summed E-state index contributed by atoms with van der Waals surface area (Å²) in [7, 11) is 1.59. The average molecular weight is 275 g/mol. The van der Waals surface area contributed by atoms with Crippen molar-refractivity contribution in [2.75, 3.05) is 7.11 Å². The monoisotopic (exact) mass is 275 g/mol. The fourth-order valence-corrected chi connectivity index (χ4v) is 1.74. The first kappa shape index (κ1) is 14.1. The summed E-state index contributed by atoms with van der Waals surface area (Å²) in [6.45, 7) is 0.173. The molecule has 0 radical (unpaired) electrons. The van der Waals surface area contributed by atoms with E-state index >= 15 is 0 Å². The Morgan fingerprint density at radius 2 is 2.35 bits per heavy atom. The summed E-state index contributed by atoms with van der Waals surface area (Å²) in [5, 5.41) is 0. The first-order valence-electron chi connectivity index (χ1n) is 6.21. The third-order valence-corrected chi connectivity index (χ3v) is 2.81. The highest BCUT2D eigenvalue weighted by Crippen LogP contribution is 2.13. The van der Waals surface area contributed by atoms with Crippen molar-refractivity contribution in [1.29, 1.82) is 0 Å². The van der Waals surface area contributed by atoms with E-state index in [1.165, 1.54) is 0 Å². The molecule has 0 saturated carbocycles. The molecule has 0 amide bonds. The second-order valence-corrected chi connectivity index (χ2v) is 4.35. The standard InChI is InChI=1S/C14H17N3O3/c1-19-12-4-2-3-10(5-12)8-20-14(18)13(15)6-11-7-16-9-17-11/h2-5,7,9,13H,6,8,15H2,1H3,(H,16,17)/t13-/m0/s1. The molecule has 20 heavy (non-hydrogen) atoms.